The Bertz CT molecular complexity index is 777. The number of fused-ring (bicyclic) bond motifs is 1. The second kappa shape index (κ2) is 6.48. The first-order valence-corrected chi connectivity index (χ1v) is 8.78. The van der Waals surface area contributed by atoms with Crippen molar-refractivity contribution in [2.24, 2.45) is 11.7 Å². The number of benzene rings is 2. The third kappa shape index (κ3) is 3.12. The molecule has 1 saturated carbocycles. The molecule has 4 rings (SSSR count). The van der Waals surface area contributed by atoms with E-state index < -0.39 is 0 Å². The average molecular weight is 339 g/mol. The molecule has 0 bridgehead atoms. The first-order valence-electron chi connectivity index (χ1n) is 8.78. The van der Waals surface area contributed by atoms with Crippen molar-refractivity contribution in [3.8, 4) is 0 Å². The predicted octanol–water partition coefficient (Wildman–Crippen LogP) is 2.83. The lowest BCUT2D eigenvalue weighted by Crippen LogP contribution is -2.47. The van der Waals surface area contributed by atoms with E-state index in [1.807, 2.05) is 17.0 Å². The third-order valence-corrected chi connectivity index (χ3v) is 5.26. The summed E-state index contributed by atoms with van der Waals surface area (Å²) in [4.78, 5) is 14.7. The molecule has 5 heteroatoms. The number of hydrogen-bond donors (Lipinski definition) is 2. The van der Waals surface area contributed by atoms with E-state index in [1.54, 1.807) is 12.1 Å². The lowest BCUT2D eigenvalue weighted by Gasteiger charge is -2.37. The topological polar surface area (TPSA) is 58.4 Å². The summed E-state index contributed by atoms with van der Waals surface area (Å²) < 4.78 is 13.4. The van der Waals surface area contributed by atoms with Crippen LogP contribution in [-0.2, 0) is 6.42 Å². The van der Waals surface area contributed by atoms with Crippen LogP contribution in [0.1, 0.15) is 29.2 Å². The van der Waals surface area contributed by atoms with Gasteiger partial charge in [0.05, 0.1) is 6.04 Å². The summed E-state index contributed by atoms with van der Waals surface area (Å²) in [6.45, 7) is 1.25. The van der Waals surface area contributed by atoms with E-state index in [1.165, 1.54) is 17.7 Å². The fourth-order valence-electron chi connectivity index (χ4n) is 3.72. The van der Waals surface area contributed by atoms with Crippen LogP contribution in [0.3, 0.4) is 0 Å². The van der Waals surface area contributed by atoms with Gasteiger partial charge in [-0.05, 0) is 54.1 Å². The van der Waals surface area contributed by atoms with Crippen molar-refractivity contribution in [1.29, 1.82) is 0 Å². The summed E-state index contributed by atoms with van der Waals surface area (Å²) in [6.07, 6.45) is 1.78. The van der Waals surface area contributed by atoms with Gasteiger partial charge < -0.3 is 16.0 Å². The number of rotatable bonds is 3. The number of nitrogens with zero attached hydrogens (tertiary/aromatic N) is 1. The smallest absolute Gasteiger partial charge is 0.318 e. The molecule has 1 aliphatic heterocycles. The molecule has 1 heterocycles. The minimum absolute atomic E-state index is 0.0650. The highest BCUT2D eigenvalue weighted by Gasteiger charge is 2.40. The van der Waals surface area contributed by atoms with Crippen LogP contribution >= 0.6 is 0 Å². The Hall–Kier alpha value is -2.40. The second-order valence-electron chi connectivity index (χ2n) is 6.88. The Labute approximate surface area is 146 Å². The van der Waals surface area contributed by atoms with Crippen LogP contribution in [0.15, 0.2) is 48.5 Å². The lowest BCUT2D eigenvalue weighted by molar-refractivity contribution is 0.179. The highest BCUT2D eigenvalue weighted by molar-refractivity contribution is 5.76. The molecule has 1 aliphatic carbocycles. The Balaban J connectivity index is 1.65. The molecule has 2 aromatic carbocycles. The van der Waals surface area contributed by atoms with Crippen LogP contribution < -0.4 is 11.1 Å². The predicted molar refractivity (Wildman–Crippen MR) is 94.6 cm³/mol. The van der Waals surface area contributed by atoms with E-state index in [9.17, 15) is 9.18 Å². The van der Waals surface area contributed by atoms with Gasteiger partial charge in [-0.15, -0.1) is 0 Å². The summed E-state index contributed by atoms with van der Waals surface area (Å²) in [5.74, 6) is 0.123. The summed E-state index contributed by atoms with van der Waals surface area (Å²) >= 11 is 0. The quantitative estimate of drug-likeness (QED) is 0.903. The fourth-order valence-corrected chi connectivity index (χ4v) is 3.72. The van der Waals surface area contributed by atoms with E-state index in [4.69, 9.17) is 5.73 Å². The number of carbonyl (C=O) groups excluding carboxylic acids is 1. The van der Waals surface area contributed by atoms with Gasteiger partial charge in [0.25, 0.3) is 0 Å². The van der Waals surface area contributed by atoms with Crippen molar-refractivity contribution < 1.29 is 9.18 Å². The Morgan fingerprint density at radius 1 is 1.20 bits per heavy atom. The molecule has 0 unspecified atom stereocenters. The fraction of sp³-hybridized carbons (Fsp3) is 0.350. The SMILES string of the molecule is NC[C@@H]1C[C@H]1NC(=O)N1CCc2ccccc2[C@@H]1c1ccc(F)cc1. The number of nitrogens with two attached hydrogens (primary N) is 1. The van der Waals surface area contributed by atoms with Gasteiger partial charge in [-0.3, -0.25) is 0 Å². The van der Waals surface area contributed by atoms with Crippen LogP contribution in [0.4, 0.5) is 9.18 Å². The van der Waals surface area contributed by atoms with Gasteiger partial charge in [0.1, 0.15) is 5.82 Å². The standard InChI is InChI=1S/C20H22FN3O/c21-16-7-5-14(6-8-16)19-17-4-2-1-3-13(17)9-10-24(19)20(25)23-18-11-15(18)12-22/h1-8,15,18-19H,9-12,22H2,(H,23,25)/t15-,18+,19-/m0/s1. The minimum Gasteiger partial charge on any atom is -0.335 e. The van der Waals surface area contributed by atoms with Crippen LogP contribution in [0.25, 0.3) is 0 Å². The van der Waals surface area contributed by atoms with Gasteiger partial charge >= 0.3 is 6.03 Å². The van der Waals surface area contributed by atoms with Crippen molar-refractivity contribution in [3.05, 3.63) is 71.0 Å². The molecule has 1 fully saturated rings. The molecule has 2 aliphatic rings. The van der Waals surface area contributed by atoms with Crippen LogP contribution in [0.2, 0.25) is 0 Å². The summed E-state index contributed by atoms with van der Waals surface area (Å²) in [5, 5.41) is 3.10. The highest BCUT2D eigenvalue weighted by atomic mass is 19.1. The van der Waals surface area contributed by atoms with Gasteiger partial charge in [-0.25, -0.2) is 9.18 Å². The second-order valence-corrected chi connectivity index (χ2v) is 6.88. The molecule has 0 saturated heterocycles. The van der Waals surface area contributed by atoms with Crippen LogP contribution in [0.5, 0.6) is 0 Å². The molecule has 3 atom stereocenters. The molecule has 0 aromatic heterocycles. The monoisotopic (exact) mass is 339 g/mol. The van der Waals surface area contributed by atoms with Crippen molar-refractivity contribution in [1.82, 2.24) is 10.2 Å². The van der Waals surface area contributed by atoms with Crippen molar-refractivity contribution in [3.63, 3.8) is 0 Å². The Kier molecular flexibility index (Phi) is 4.17. The molecule has 2 amide bonds. The number of amides is 2. The molecular weight excluding hydrogens is 317 g/mol. The number of hydrogen-bond acceptors (Lipinski definition) is 2. The van der Waals surface area contributed by atoms with Crippen LogP contribution in [-0.4, -0.2) is 30.1 Å². The summed E-state index contributed by atoms with van der Waals surface area (Å²) in [5.41, 5.74) is 8.95. The zero-order valence-corrected chi connectivity index (χ0v) is 14.0. The highest BCUT2D eigenvalue weighted by Crippen LogP contribution is 2.36. The van der Waals surface area contributed by atoms with E-state index in [2.05, 4.69) is 17.4 Å². The normalized spacial score (nSPS) is 24.6. The molecule has 0 spiro atoms. The van der Waals surface area contributed by atoms with E-state index in [0.717, 1.165) is 24.0 Å². The van der Waals surface area contributed by atoms with E-state index >= 15 is 0 Å². The van der Waals surface area contributed by atoms with Crippen molar-refractivity contribution in [2.75, 3.05) is 13.1 Å². The molecular formula is C20H22FN3O. The average Bonchev–Trinajstić information content (AvgIpc) is 3.39. The maximum atomic E-state index is 13.4. The van der Waals surface area contributed by atoms with Gasteiger partial charge in [0.2, 0.25) is 0 Å². The lowest BCUT2D eigenvalue weighted by atomic mass is 9.88. The molecule has 25 heavy (non-hydrogen) atoms. The van der Waals surface area contributed by atoms with Gasteiger partial charge in [-0.2, -0.15) is 0 Å². The molecule has 130 valence electrons. The number of urea groups is 1. The number of halogens is 1. The molecule has 4 nitrogen and oxygen atoms in total. The van der Waals surface area contributed by atoms with Gasteiger partial charge in [-0.1, -0.05) is 36.4 Å². The van der Waals surface area contributed by atoms with Gasteiger partial charge in [0, 0.05) is 12.6 Å². The first-order chi connectivity index (χ1) is 12.2. The van der Waals surface area contributed by atoms with E-state index in [0.29, 0.717) is 19.0 Å². The zero-order chi connectivity index (χ0) is 17.4. The third-order valence-electron chi connectivity index (χ3n) is 5.26. The summed E-state index contributed by atoms with van der Waals surface area (Å²) in [6, 6.07) is 14.5. The van der Waals surface area contributed by atoms with Gasteiger partial charge in [0.15, 0.2) is 0 Å². The minimum atomic E-state index is -0.271. The first kappa shape index (κ1) is 16.1. The van der Waals surface area contributed by atoms with Crippen molar-refractivity contribution in [2.45, 2.75) is 24.9 Å². The largest absolute Gasteiger partial charge is 0.335 e. The maximum Gasteiger partial charge on any atom is 0.318 e. The molecule has 2 aromatic rings. The summed E-state index contributed by atoms with van der Waals surface area (Å²) in [7, 11) is 0. The van der Waals surface area contributed by atoms with Crippen molar-refractivity contribution >= 4 is 6.03 Å². The van der Waals surface area contributed by atoms with E-state index in [-0.39, 0.29) is 23.9 Å². The Morgan fingerprint density at radius 2 is 1.96 bits per heavy atom. The van der Waals surface area contributed by atoms with Crippen LogP contribution in [0, 0.1) is 11.7 Å². The zero-order valence-electron chi connectivity index (χ0n) is 14.0. The Morgan fingerprint density at radius 3 is 2.68 bits per heavy atom. The molecule has 0 radical (unpaired) electrons. The maximum absolute atomic E-state index is 13.4. The number of carbonyl (C=O) groups is 1. The molecule has 3 N–H and O–H groups in total. The number of nitrogens with one attached hydrogen (secondary N) is 1.